The highest BCUT2D eigenvalue weighted by molar-refractivity contribution is 5.92. The summed E-state index contributed by atoms with van der Waals surface area (Å²) in [6.07, 6.45) is 3.80. The Morgan fingerprint density at radius 1 is 1.00 bits per heavy atom. The van der Waals surface area contributed by atoms with E-state index >= 15 is 0 Å². The smallest absolute Gasteiger partial charge is 0.0146 e. The fourth-order valence-corrected chi connectivity index (χ4v) is 2.17. The molecule has 0 aromatic heterocycles. The van der Waals surface area contributed by atoms with Gasteiger partial charge in [-0.25, -0.2) is 0 Å². The van der Waals surface area contributed by atoms with E-state index in [-0.39, 0.29) is 0 Å². The molecule has 0 aliphatic carbocycles. The Kier molecular flexibility index (Phi) is 2.66. The predicted octanol–water partition coefficient (Wildman–Crippen LogP) is 4.74. The minimum absolute atomic E-state index is 1.16. The van der Waals surface area contributed by atoms with Crippen molar-refractivity contribution in [2.75, 3.05) is 0 Å². The molecule has 0 heterocycles. The van der Waals surface area contributed by atoms with Crippen LogP contribution >= 0.6 is 0 Å². The van der Waals surface area contributed by atoms with Crippen molar-refractivity contribution >= 4 is 22.9 Å². The van der Waals surface area contributed by atoms with Crippen LogP contribution in [0.5, 0.6) is 0 Å². The third kappa shape index (κ3) is 1.57. The number of hydrogen-bond donors (Lipinski definition) is 0. The molecular weight excluding hydrogens is 192 g/mol. The molecule has 0 bridgehead atoms. The lowest BCUT2D eigenvalue weighted by molar-refractivity contribution is 1.45. The van der Waals surface area contributed by atoms with Crippen LogP contribution in [0.4, 0.5) is 0 Å². The standard InChI is InChI=1S/C16H16/c1-5-13-10-14-8-7-11(3)9-16(14)12(4)15(13)6-2/h5-10H,1-2H2,3-4H3. The first kappa shape index (κ1) is 10.7. The molecule has 0 amide bonds. The lowest BCUT2D eigenvalue weighted by Gasteiger charge is -2.11. The van der Waals surface area contributed by atoms with Crippen molar-refractivity contribution < 1.29 is 0 Å². The molecule has 0 radical (unpaired) electrons. The zero-order valence-corrected chi connectivity index (χ0v) is 9.88. The van der Waals surface area contributed by atoms with Gasteiger partial charge in [-0.05, 0) is 47.4 Å². The van der Waals surface area contributed by atoms with E-state index in [9.17, 15) is 0 Å². The highest BCUT2D eigenvalue weighted by atomic mass is 14.1. The Morgan fingerprint density at radius 2 is 1.75 bits per heavy atom. The van der Waals surface area contributed by atoms with Crippen LogP contribution < -0.4 is 0 Å². The molecule has 2 aromatic carbocycles. The van der Waals surface area contributed by atoms with Gasteiger partial charge < -0.3 is 0 Å². The molecule has 2 aromatic rings. The fourth-order valence-electron chi connectivity index (χ4n) is 2.17. The third-order valence-corrected chi connectivity index (χ3v) is 3.06. The Morgan fingerprint density at radius 3 is 2.38 bits per heavy atom. The van der Waals surface area contributed by atoms with E-state index in [1.54, 1.807) is 0 Å². The van der Waals surface area contributed by atoms with Crippen LogP contribution in [0, 0.1) is 13.8 Å². The number of aryl methyl sites for hydroxylation is 2. The van der Waals surface area contributed by atoms with Gasteiger partial charge in [0.1, 0.15) is 0 Å². The Balaban J connectivity index is 2.93. The van der Waals surface area contributed by atoms with Gasteiger partial charge >= 0.3 is 0 Å². The summed E-state index contributed by atoms with van der Waals surface area (Å²) in [4.78, 5) is 0. The van der Waals surface area contributed by atoms with Gasteiger partial charge in [-0.1, -0.05) is 49.1 Å². The van der Waals surface area contributed by atoms with E-state index < -0.39 is 0 Å². The van der Waals surface area contributed by atoms with E-state index in [4.69, 9.17) is 0 Å². The molecule has 0 saturated carbocycles. The zero-order valence-electron chi connectivity index (χ0n) is 9.88. The molecule has 0 fully saturated rings. The van der Waals surface area contributed by atoms with Crippen molar-refractivity contribution in [3.63, 3.8) is 0 Å². The van der Waals surface area contributed by atoms with Gasteiger partial charge in [0, 0.05) is 0 Å². The quantitative estimate of drug-likeness (QED) is 0.668. The van der Waals surface area contributed by atoms with Crippen molar-refractivity contribution in [1.82, 2.24) is 0 Å². The van der Waals surface area contributed by atoms with Crippen LogP contribution in [0.1, 0.15) is 22.3 Å². The minimum Gasteiger partial charge on any atom is -0.0984 e. The molecule has 0 aliphatic heterocycles. The van der Waals surface area contributed by atoms with Crippen LogP contribution in [0.25, 0.3) is 22.9 Å². The van der Waals surface area contributed by atoms with Crippen molar-refractivity contribution in [2.24, 2.45) is 0 Å². The van der Waals surface area contributed by atoms with Gasteiger partial charge in [0.2, 0.25) is 0 Å². The summed E-state index contributed by atoms with van der Waals surface area (Å²) in [5.41, 5.74) is 4.92. The first-order chi connectivity index (χ1) is 7.67. The molecule has 0 atom stereocenters. The lowest BCUT2D eigenvalue weighted by atomic mass is 9.94. The average molecular weight is 208 g/mol. The first-order valence-electron chi connectivity index (χ1n) is 5.46. The molecule has 0 spiro atoms. The topological polar surface area (TPSA) is 0 Å². The number of rotatable bonds is 2. The van der Waals surface area contributed by atoms with Crippen LogP contribution in [-0.4, -0.2) is 0 Å². The SMILES string of the molecule is C=Cc1cc2ccc(C)cc2c(C)c1C=C. The van der Waals surface area contributed by atoms with Gasteiger partial charge in [-0.15, -0.1) is 0 Å². The summed E-state index contributed by atoms with van der Waals surface area (Å²) in [5, 5.41) is 2.57. The molecular formula is C16H16. The highest BCUT2D eigenvalue weighted by Gasteiger charge is 2.05. The van der Waals surface area contributed by atoms with Crippen molar-refractivity contribution in [3.05, 3.63) is 59.7 Å². The molecule has 0 aliphatic rings. The summed E-state index contributed by atoms with van der Waals surface area (Å²) in [7, 11) is 0. The number of benzene rings is 2. The lowest BCUT2D eigenvalue weighted by Crippen LogP contribution is -1.89. The van der Waals surface area contributed by atoms with Crippen molar-refractivity contribution in [3.8, 4) is 0 Å². The average Bonchev–Trinajstić information content (AvgIpc) is 2.29. The Hall–Kier alpha value is -1.82. The van der Waals surface area contributed by atoms with Gasteiger partial charge in [-0.3, -0.25) is 0 Å². The van der Waals surface area contributed by atoms with Crippen molar-refractivity contribution in [1.29, 1.82) is 0 Å². The maximum Gasteiger partial charge on any atom is -0.0146 e. The normalized spacial score (nSPS) is 10.4. The monoisotopic (exact) mass is 208 g/mol. The van der Waals surface area contributed by atoms with Gasteiger partial charge in [0.25, 0.3) is 0 Å². The molecule has 16 heavy (non-hydrogen) atoms. The van der Waals surface area contributed by atoms with E-state index in [1.807, 2.05) is 12.2 Å². The second-order valence-corrected chi connectivity index (χ2v) is 4.14. The second kappa shape index (κ2) is 3.97. The van der Waals surface area contributed by atoms with Crippen LogP contribution in [0.15, 0.2) is 37.4 Å². The maximum atomic E-state index is 3.88. The van der Waals surface area contributed by atoms with Crippen LogP contribution in [0.2, 0.25) is 0 Å². The molecule has 0 N–H and O–H groups in total. The fraction of sp³-hybridized carbons (Fsp3) is 0.125. The predicted molar refractivity (Wildman–Crippen MR) is 73.6 cm³/mol. The molecule has 0 saturated heterocycles. The van der Waals surface area contributed by atoms with Crippen LogP contribution in [-0.2, 0) is 0 Å². The zero-order chi connectivity index (χ0) is 11.7. The van der Waals surface area contributed by atoms with E-state index in [0.29, 0.717) is 0 Å². The summed E-state index contributed by atoms with van der Waals surface area (Å²) in [5.74, 6) is 0. The van der Waals surface area contributed by atoms with E-state index in [1.165, 1.54) is 27.5 Å². The Bertz CT molecular complexity index is 574. The van der Waals surface area contributed by atoms with Crippen molar-refractivity contribution in [2.45, 2.75) is 13.8 Å². The van der Waals surface area contributed by atoms with Gasteiger partial charge in [0.05, 0.1) is 0 Å². The highest BCUT2D eigenvalue weighted by Crippen LogP contribution is 2.27. The minimum atomic E-state index is 1.16. The maximum absolute atomic E-state index is 3.88. The van der Waals surface area contributed by atoms with E-state index in [2.05, 4.69) is 51.3 Å². The summed E-state index contributed by atoms with van der Waals surface area (Å²) in [6.45, 7) is 12.0. The summed E-state index contributed by atoms with van der Waals surface area (Å²) in [6, 6.07) is 8.70. The van der Waals surface area contributed by atoms with Crippen LogP contribution in [0.3, 0.4) is 0 Å². The van der Waals surface area contributed by atoms with E-state index in [0.717, 1.165) is 5.56 Å². The largest absolute Gasteiger partial charge is 0.0984 e. The summed E-state index contributed by atoms with van der Waals surface area (Å²) < 4.78 is 0. The molecule has 80 valence electrons. The summed E-state index contributed by atoms with van der Waals surface area (Å²) >= 11 is 0. The number of hydrogen-bond acceptors (Lipinski definition) is 0. The van der Waals surface area contributed by atoms with Gasteiger partial charge in [-0.2, -0.15) is 0 Å². The molecule has 0 nitrogen and oxygen atoms in total. The Labute approximate surface area is 96.9 Å². The second-order valence-electron chi connectivity index (χ2n) is 4.14. The third-order valence-electron chi connectivity index (χ3n) is 3.06. The van der Waals surface area contributed by atoms with Gasteiger partial charge in [0.15, 0.2) is 0 Å². The number of fused-ring (bicyclic) bond motifs is 1. The molecule has 0 heteroatoms. The molecule has 2 rings (SSSR count). The first-order valence-corrected chi connectivity index (χ1v) is 5.46. The molecule has 0 unspecified atom stereocenters.